The van der Waals surface area contributed by atoms with Gasteiger partial charge in [0.2, 0.25) is 0 Å². The molecule has 0 unspecified atom stereocenters. The van der Waals surface area contributed by atoms with Gasteiger partial charge in [-0.3, -0.25) is 0 Å². The fourth-order valence-corrected chi connectivity index (χ4v) is 3.00. The minimum Gasteiger partial charge on any atom is -0.313 e. The van der Waals surface area contributed by atoms with Crippen molar-refractivity contribution in [1.82, 2.24) is 10.2 Å². The Kier molecular flexibility index (Phi) is 5.41. The first-order valence-electron chi connectivity index (χ1n) is 7.61. The molecule has 1 aromatic rings. The zero-order valence-electron chi connectivity index (χ0n) is 12.7. The topological polar surface area (TPSA) is 15.3 Å². The summed E-state index contributed by atoms with van der Waals surface area (Å²) >= 11 is 0. The van der Waals surface area contributed by atoms with Gasteiger partial charge in [0.15, 0.2) is 0 Å². The monoisotopic (exact) mass is 260 g/mol. The molecule has 2 nitrogen and oxygen atoms in total. The summed E-state index contributed by atoms with van der Waals surface area (Å²) in [4.78, 5) is 2.45. The van der Waals surface area contributed by atoms with E-state index in [4.69, 9.17) is 0 Å². The largest absolute Gasteiger partial charge is 0.313 e. The molecule has 0 saturated carbocycles. The van der Waals surface area contributed by atoms with Crippen molar-refractivity contribution in [3.05, 3.63) is 34.9 Å². The van der Waals surface area contributed by atoms with Crippen molar-refractivity contribution in [3.63, 3.8) is 0 Å². The molecule has 1 saturated heterocycles. The fraction of sp³-hybridized carbons (Fsp3) is 0.647. The molecule has 0 spiro atoms. The van der Waals surface area contributed by atoms with E-state index >= 15 is 0 Å². The third kappa shape index (κ3) is 4.32. The molecule has 1 aromatic carbocycles. The number of piperidine rings is 1. The Bertz CT molecular complexity index is 372. The van der Waals surface area contributed by atoms with Crippen LogP contribution in [0, 0.1) is 19.8 Å². The summed E-state index contributed by atoms with van der Waals surface area (Å²) in [5.41, 5.74) is 4.30. The first kappa shape index (κ1) is 14.5. The smallest absolute Gasteiger partial charge is 0.0210 e. The first-order chi connectivity index (χ1) is 9.16. The number of hydrogen-bond acceptors (Lipinski definition) is 2. The summed E-state index contributed by atoms with van der Waals surface area (Å²) in [5.74, 6) is 0.932. The second-order valence-electron chi connectivity index (χ2n) is 6.08. The second kappa shape index (κ2) is 7.06. The minimum atomic E-state index is 0.932. The highest BCUT2D eigenvalue weighted by Crippen LogP contribution is 2.19. The van der Waals surface area contributed by atoms with Crippen molar-refractivity contribution >= 4 is 0 Å². The van der Waals surface area contributed by atoms with Gasteiger partial charge in [-0.1, -0.05) is 18.2 Å². The molecule has 0 aromatic heterocycles. The van der Waals surface area contributed by atoms with E-state index in [1.165, 1.54) is 49.0 Å². The van der Waals surface area contributed by atoms with Crippen molar-refractivity contribution in [2.45, 2.75) is 39.7 Å². The highest BCUT2D eigenvalue weighted by molar-refractivity contribution is 5.33. The Balaban J connectivity index is 1.69. The van der Waals surface area contributed by atoms with Gasteiger partial charge in [-0.2, -0.15) is 0 Å². The number of nitrogens with one attached hydrogen (secondary N) is 1. The van der Waals surface area contributed by atoms with Crippen LogP contribution in [0.4, 0.5) is 0 Å². The van der Waals surface area contributed by atoms with Crippen molar-refractivity contribution in [3.8, 4) is 0 Å². The van der Waals surface area contributed by atoms with Crippen LogP contribution in [0.3, 0.4) is 0 Å². The molecule has 2 rings (SSSR count). The van der Waals surface area contributed by atoms with Crippen LogP contribution in [-0.2, 0) is 6.54 Å². The van der Waals surface area contributed by atoms with E-state index in [2.05, 4.69) is 49.3 Å². The molecule has 1 aliphatic rings. The van der Waals surface area contributed by atoms with Gasteiger partial charge < -0.3 is 10.2 Å². The Morgan fingerprint density at radius 2 is 1.79 bits per heavy atom. The van der Waals surface area contributed by atoms with Crippen molar-refractivity contribution in [2.24, 2.45) is 5.92 Å². The van der Waals surface area contributed by atoms with Gasteiger partial charge in [-0.25, -0.2) is 0 Å². The molecular formula is C17H28N2. The molecule has 1 fully saturated rings. The van der Waals surface area contributed by atoms with Gasteiger partial charge in [0.1, 0.15) is 0 Å². The van der Waals surface area contributed by atoms with Gasteiger partial charge in [-0.15, -0.1) is 0 Å². The lowest BCUT2D eigenvalue weighted by Gasteiger charge is -2.29. The molecule has 0 atom stereocenters. The van der Waals surface area contributed by atoms with E-state index in [9.17, 15) is 0 Å². The molecule has 0 radical (unpaired) electrons. The van der Waals surface area contributed by atoms with E-state index in [1.807, 2.05) is 0 Å². The maximum Gasteiger partial charge on any atom is 0.0210 e. The summed E-state index contributed by atoms with van der Waals surface area (Å²) in [5, 5.41) is 3.63. The summed E-state index contributed by atoms with van der Waals surface area (Å²) in [7, 11) is 2.23. The van der Waals surface area contributed by atoms with Crippen LogP contribution >= 0.6 is 0 Å². The zero-order valence-corrected chi connectivity index (χ0v) is 12.7. The lowest BCUT2D eigenvalue weighted by Crippen LogP contribution is -2.31. The molecule has 1 heterocycles. The standard InChI is InChI=1S/C17H28N2/c1-14-5-4-6-15(2)17(14)13-18-10-7-16-8-11-19(3)12-9-16/h4-6,16,18H,7-13H2,1-3H3. The summed E-state index contributed by atoms with van der Waals surface area (Å²) in [6.07, 6.45) is 4.09. The van der Waals surface area contributed by atoms with E-state index in [1.54, 1.807) is 0 Å². The average Bonchev–Trinajstić information content (AvgIpc) is 2.39. The zero-order chi connectivity index (χ0) is 13.7. The SMILES string of the molecule is Cc1cccc(C)c1CNCCC1CCN(C)CC1. The quantitative estimate of drug-likeness (QED) is 0.818. The van der Waals surface area contributed by atoms with Crippen molar-refractivity contribution in [1.29, 1.82) is 0 Å². The highest BCUT2D eigenvalue weighted by Gasteiger charge is 2.15. The average molecular weight is 260 g/mol. The lowest BCUT2D eigenvalue weighted by molar-refractivity contribution is 0.211. The fourth-order valence-electron chi connectivity index (χ4n) is 3.00. The molecule has 106 valence electrons. The maximum atomic E-state index is 3.63. The number of nitrogens with zero attached hydrogens (tertiary/aromatic N) is 1. The Labute approximate surface area is 118 Å². The molecule has 1 N–H and O–H groups in total. The molecule has 0 bridgehead atoms. The number of hydrogen-bond donors (Lipinski definition) is 1. The number of aryl methyl sites for hydroxylation is 2. The number of benzene rings is 1. The van der Waals surface area contributed by atoms with Gasteiger partial charge in [0.25, 0.3) is 0 Å². The van der Waals surface area contributed by atoms with Crippen LogP contribution in [0.1, 0.15) is 36.0 Å². The molecule has 0 amide bonds. The molecule has 1 aliphatic heterocycles. The molecular weight excluding hydrogens is 232 g/mol. The van der Waals surface area contributed by atoms with Gasteiger partial charge in [0.05, 0.1) is 0 Å². The number of rotatable bonds is 5. The van der Waals surface area contributed by atoms with E-state index in [0.717, 1.165) is 19.0 Å². The second-order valence-corrected chi connectivity index (χ2v) is 6.08. The van der Waals surface area contributed by atoms with E-state index in [-0.39, 0.29) is 0 Å². The molecule has 2 heteroatoms. The first-order valence-corrected chi connectivity index (χ1v) is 7.61. The maximum absolute atomic E-state index is 3.63. The molecule has 19 heavy (non-hydrogen) atoms. The highest BCUT2D eigenvalue weighted by atomic mass is 15.1. The lowest BCUT2D eigenvalue weighted by atomic mass is 9.94. The minimum absolute atomic E-state index is 0.932. The van der Waals surface area contributed by atoms with Crippen LogP contribution in [0.2, 0.25) is 0 Å². The van der Waals surface area contributed by atoms with Crippen LogP contribution in [0.5, 0.6) is 0 Å². The summed E-state index contributed by atoms with van der Waals surface area (Å²) in [6.45, 7) is 9.15. The van der Waals surface area contributed by atoms with E-state index in [0.29, 0.717) is 0 Å². The Morgan fingerprint density at radius 3 is 2.42 bits per heavy atom. The van der Waals surface area contributed by atoms with Crippen LogP contribution < -0.4 is 5.32 Å². The normalized spacial score (nSPS) is 17.8. The third-order valence-electron chi connectivity index (χ3n) is 4.51. The van der Waals surface area contributed by atoms with E-state index < -0.39 is 0 Å². The van der Waals surface area contributed by atoms with Crippen LogP contribution in [-0.4, -0.2) is 31.6 Å². The van der Waals surface area contributed by atoms with Gasteiger partial charge in [-0.05, 0) is 82.4 Å². The Hall–Kier alpha value is -0.860. The summed E-state index contributed by atoms with van der Waals surface area (Å²) in [6, 6.07) is 6.56. The predicted molar refractivity (Wildman–Crippen MR) is 82.5 cm³/mol. The predicted octanol–water partition coefficient (Wildman–Crippen LogP) is 3.12. The van der Waals surface area contributed by atoms with Crippen LogP contribution in [0.25, 0.3) is 0 Å². The summed E-state index contributed by atoms with van der Waals surface area (Å²) < 4.78 is 0. The third-order valence-corrected chi connectivity index (χ3v) is 4.51. The van der Waals surface area contributed by atoms with Crippen molar-refractivity contribution in [2.75, 3.05) is 26.7 Å². The van der Waals surface area contributed by atoms with Gasteiger partial charge in [0, 0.05) is 6.54 Å². The van der Waals surface area contributed by atoms with Crippen LogP contribution in [0.15, 0.2) is 18.2 Å². The Morgan fingerprint density at radius 1 is 1.16 bits per heavy atom. The van der Waals surface area contributed by atoms with Gasteiger partial charge >= 0.3 is 0 Å². The number of likely N-dealkylation sites (tertiary alicyclic amines) is 1. The molecule has 0 aliphatic carbocycles. The van der Waals surface area contributed by atoms with Crippen molar-refractivity contribution < 1.29 is 0 Å².